The largest absolute Gasteiger partial charge is 0.508 e. The van der Waals surface area contributed by atoms with Gasteiger partial charge in [-0.1, -0.05) is 12.1 Å². The second kappa shape index (κ2) is 5.32. The quantitative estimate of drug-likeness (QED) is 0.779. The number of primary sulfonamides is 1. The van der Waals surface area contributed by atoms with E-state index in [4.69, 9.17) is 5.14 Å². The first-order valence-electron chi connectivity index (χ1n) is 6.56. The highest BCUT2D eigenvalue weighted by Gasteiger charge is 2.16. The van der Waals surface area contributed by atoms with Crippen LogP contribution in [0.4, 0.5) is 0 Å². The van der Waals surface area contributed by atoms with Crippen molar-refractivity contribution in [2.24, 2.45) is 5.14 Å². The van der Waals surface area contributed by atoms with Gasteiger partial charge >= 0.3 is 0 Å². The molecule has 0 saturated heterocycles. The van der Waals surface area contributed by atoms with Crippen LogP contribution in [0.5, 0.6) is 5.75 Å². The van der Waals surface area contributed by atoms with Crippen LogP contribution in [0, 0.1) is 0 Å². The number of phenolic OH excluding ortho intramolecular Hbond substituents is 1. The van der Waals surface area contributed by atoms with Gasteiger partial charge in [0.1, 0.15) is 10.6 Å². The highest BCUT2D eigenvalue weighted by Crippen LogP contribution is 2.28. The van der Waals surface area contributed by atoms with Gasteiger partial charge in [0.2, 0.25) is 10.0 Å². The summed E-state index contributed by atoms with van der Waals surface area (Å²) in [5, 5.41) is 14.7. The number of nitrogens with zero attached hydrogens (tertiary/aromatic N) is 1. The summed E-state index contributed by atoms with van der Waals surface area (Å²) in [5.41, 5.74) is 2.14. The summed E-state index contributed by atoms with van der Waals surface area (Å²) in [6.45, 7) is 0. The van der Waals surface area contributed by atoms with Crippen molar-refractivity contribution in [1.82, 2.24) is 4.57 Å². The third-order valence-electron chi connectivity index (χ3n) is 3.34. The normalized spacial score (nSPS) is 11.5. The van der Waals surface area contributed by atoms with Gasteiger partial charge in [-0.25, -0.2) is 13.6 Å². The molecule has 0 spiro atoms. The van der Waals surface area contributed by atoms with Crippen LogP contribution in [0.15, 0.2) is 71.8 Å². The summed E-state index contributed by atoms with van der Waals surface area (Å²) in [7, 11) is -3.83. The molecule has 3 N–H and O–H groups in total. The molecule has 0 bridgehead atoms. The Hall–Kier alpha value is -2.57. The van der Waals surface area contributed by atoms with Crippen LogP contribution in [0.3, 0.4) is 0 Å². The van der Waals surface area contributed by atoms with Crippen LogP contribution in [0.1, 0.15) is 0 Å². The number of hydrogen-bond acceptors (Lipinski definition) is 3. The molecule has 0 amide bonds. The Bertz CT molecular complexity index is 913. The van der Waals surface area contributed by atoms with E-state index in [2.05, 4.69) is 0 Å². The molecule has 112 valence electrons. The molecule has 0 atom stereocenters. The molecule has 6 heteroatoms. The molecule has 3 aromatic rings. The standard InChI is InChI=1S/C16H14N2O3S/c17-22(20,21)16-6-2-1-4-15(16)18-11-3-5-14(18)12-7-9-13(19)10-8-12/h1-11,19H,(H2,17,20,21). The minimum Gasteiger partial charge on any atom is -0.508 e. The van der Waals surface area contributed by atoms with E-state index in [0.29, 0.717) is 5.69 Å². The Labute approximate surface area is 128 Å². The van der Waals surface area contributed by atoms with E-state index < -0.39 is 10.0 Å². The maximum Gasteiger partial charge on any atom is 0.240 e. The summed E-state index contributed by atoms with van der Waals surface area (Å²) in [5.74, 6) is 0.173. The molecular weight excluding hydrogens is 300 g/mol. The van der Waals surface area contributed by atoms with E-state index in [1.165, 1.54) is 6.07 Å². The van der Waals surface area contributed by atoms with Crippen molar-refractivity contribution in [1.29, 1.82) is 0 Å². The van der Waals surface area contributed by atoms with Crippen molar-refractivity contribution in [2.75, 3.05) is 0 Å². The smallest absolute Gasteiger partial charge is 0.240 e. The Morgan fingerprint density at radius 2 is 1.59 bits per heavy atom. The van der Waals surface area contributed by atoms with E-state index in [-0.39, 0.29) is 10.6 Å². The van der Waals surface area contributed by atoms with Crippen LogP contribution in [0.25, 0.3) is 16.9 Å². The van der Waals surface area contributed by atoms with Crippen LogP contribution in [-0.2, 0) is 10.0 Å². The first-order chi connectivity index (χ1) is 10.5. The summed E-state index contributed by atoms with van der Waals surface area (Å²) in [4.78, 5) is 0.0613. The van der Waals surface area contributed by atoms with Crippen molar-refractivity contribution >= 4 is 10.0 Å². The van der Waals surface area contributed by atoms with Gasteiger partial charge in [-0.15, -0.1) is 0 Å². The fourth-order valence-electron chi connectivity index (χ4n) is 2.36. The zero-order chi connectivity index (χ0) is 15.7. The number of aromatic hydroxyl groups is 1. The fraction of sp³-hybridized carbons (Fsp3) is 0. The predicted octanol–water partition coefficient (Wildman–Crippen LogP) is 2.50. The Balaban J connectivity index is 2.20. The fourth-order valence-corrected chi connectivity index (χ4v) is 3.08. The van der Waals surface area contributed by atoms with Crippen molar-refractivity contribution in [3.05, 3.63) is 66.9 Å². The number of phenols is 1. The average Bonchev–Trinajstić information content (AvgIpc) is 2.96. The van der Waals surface area contributed by atoms with Gasteiger partial charge in [0, 0.05) is 6.20 Å². The summed E-state index contributed by atoms with van der Waals surface area (Å²) >= 11 is 0. The zero-order valence-corrected chi connectivity index (χ0v) is 12.4. The molecule has 22 heavy (non-hydrogen) atoms. The van der Waals surface area contributed by atoms with Crippen LogP contribution in [-0.4, -0.2) is 18.1 Å². The van der Waals surface area contributed by atoms with E-state index in [1.54, 1.807) is 53.2 Å². The maximum absolute atomic E-state index is 11.8. The van der Waals surface area contributed by atoms with Crippen molar-refractivity contribution in [3.63, 3.8) is 0 Å². The number of rotatable bonds is 3. The maximum atomic E-state index is 11.8. The Morgan fingerprint density at radius 3 is 2.27 bits per heavy atom. The lowest BCUT2D eigenvalue weighted by molar-refractivity contribution is 0.475. The van der Waals surface area contributed by atoms with Gasteiger partial charge in [0.05, 0.1) is 11.4 Å². The van der Waals surface area contributed by atoms with Crippen molar-refractivity contribution in [2.45, 2.75) is 4.90 Å². The van der Waals surface area contributed by atoms with E-state index >= 15 is 0 Å². The van der Waals surface area contributed by atoms with Gasteiger partial charge in [0.25, 0.3) is 0 Å². The first-order valence-corrected chi connectivity index (χ1v) is 8.10. The molecular formula is C16H14N2O3S. The number of para-hydroxylation sites is 1. The van der Waals surface area contributed by atoms with E-state index in [9.17, 15) is 13.5 Å². The number of benzene rings is 2. The predicted molar refractivity (Wildman–Crippen MR) is 84.2 cm³/mol. The summed E-state index contributed by atoms with van der Waals surface area (Å²) in [6, 6.07) is 16.9. The average molecular weight is 314 g/mol. The van der Waals surface area contributed by atoms with Gasteiger partial charge in [-0.2, -0.15) is 0 Å². The summed E-state index contributed by atoms with van der Waals surface area (Å²) < 4.78 is 25.3. The van der Waals surface area contributed by atoms with E-state index in [1.807, 2.05) is 12.1 Å². The highest BCUT2D eigenvalue weighted by molar-refractivity contribution is 7.89. The SMILES string of the molecule is NS(=O)(=O)c1ccccc1-n1cccc1-c1ccc(O)cc1. The molecule has 2 aromatic carbocycles. The minimum atomic E-state index is -3.83. The molecule has 0 saturated carbocycles. The molecule has 0 aliphatic rings. The molecule has 1 heterocycles. The third kappa shape index (κ3) is 2.61. The Kier molecular flexibility index (Phi) is 3.48. The van der Waals surface area contributed by atoms with Gasteiger partial charge in [0.15, 0.2) is 0 Å². The lowest BCUT2D eigenvalue weighted by Crippen LogP contribution is -2.15. The molecule has 5 nitrogen and oxygen atoms in total. The highest BCUT2D eigenvalue weighted by atomic mass is 32.2. The lowest BCUT2D eigenvalue weighted by atomic mass is 10.1. The number of hydrogen-bond donors (Lipinski definition) is 2. The van der Waals surface area contributed by atoms with Crippen LogP contribution < -0.4 is 5.14 Å². The van der Waals surface area contributed by atoms with Gasteiger partial charge in [-0.3, -0.25) is 0 Å². The van der Waals surface area contributed by atoms with Crippen LogP contribution >= 0.6 is 0 Å². The lowest BCUT2D eigenvalue weighted by Gasteiger charge is -2.13. The monoisotopic (exact) mass is 314 g/mol. The molecule has 0 aliphatic carbocycles. The molecule has 0 radical (unpaired) electrons. The summed E-state index contributed by atoms with van der Waals surface area (Å²) in [6.07, 6.45) is 1.77. The van der Waals surface area contributed by atoms with E-state index in [0.717, 1.165) is 11.3 Å². The van der Waals surface area contributed by atoms with Crippen LogP contribution in [0.2, 0.25) is 0 Å². The third-order valence-corrected chi connectivity index (χ3v) is 4.30. The number of nitrogens with two attached hydrogens (primary N) is 1. The zero-order valence-electron chi connectivity index (χ0n) is 11.5. The number of aromatic nitrogens is 1. The van der Waals surface area contributed by atoms with Gasteiger partial charge < -0.3 is 9.67 Å². The van der Waals surface area contributed by atoms with Crippen molar-refractivity contribution in [3.8, 4) is 22.7 Å². The second-order valence-corrected chi connectivity index (χ2v) is 6.35. The number of sulfonamides is 1. The molecule has 0 fully saturated rings. The second-order valence-electron chi connectivity index (χ2n) is 4.82. The molecule has 3 rings (SSSR count). The molecule has 0 unspecified atom stereocenters. The van der Waals surface area contributed by atoms with Crippen molar-refractivity contribution < 1.29 is 13.5 Å². The molecule has 1 aromatic heterocycles. The topological polar surface area (TPSA) is 85.3 Å². The molecule has 0 aliphatic heterocycles. The Morgan fingerprint density at radius 1 is 0.909 bits per heavy atom. The first kappa shape index (κ1) is 14.4. The van der Waals surface area contributed by atoms with Gasteiger partial charge in [-0.05, 0) is 54.1 Å². The minimum absolute atomic E-state index is 0.0613.